The fourth-order valence-corrected chi connectivity index (χ4v) is 3.18. The smallest absolute Gasteiger partial charge is 0.220 e. The number of rotatable bonds is 2. The monoisotopic (exact) mass is 225 g/mol. The van der Waals surface area contributed by atoms with E-state index in [1.54, 1.807) is 0 Å². The molecule has 2 fully saturated rings. The second kappa shape index (κ2) is 4.74. The Kier molecular flexibility index (Phi) is 3.53. The molecule has 2 heterocycles. The molecule has 2 saturated heterocycles. The molecule has 1 N–H and O–H groups in total. The van der Waals surface area contributed by atoms with Crippen LogP contribution in [0.3, 0.4) is 0 Å². The van der Waals surface area contributed by atoms with Gasteiger partial charge in [-0.1, -0.05) is 13.8 Å². The molecule has 0 saturated carbocycles. The molecule has 0 bridgehead atoms. The molecule has 2 aliphatic rings. The van der Waals surface area contributed by atoms with Crippen LogP contribution < -0.4 is 5.32 Å². The predicted octanol–water partition coefficient (Wildman–Crippen LogP) is 2.11. The van der Waals surface area contributed by atoms with Gasteiger partial charge in [-0.25, -0.2) is 0 Å². The zero-order chi connectivity index (χ0) is 11.6. The van der Waals surface area contributed by atoms with Crippen molar-refractivity contribution in [2.45, 2.75) is 52.0 Å². The standard InChI is InChI=1S/C13H23NO2/c1-10(2)8-11-13(9-12(15)14-11)4-3-6-16-7-5-13/h10-11H,3-9H2,1-2H3,(H,14,15). The van der Waals surface area contributed by atoms with Gasteiger partial charge in [0.1, 0.15) is 0 Å². The number of hydrogen-bond acceptors (Lipinski definition) is 2. The molecule has 0 radical (unpaired) electrons. The van der Waals surface area contributed by atoms with E-state index in [0.29, 0.717) is 18.4 Å². The lowest BCUT2D eigenvalue weighted by molar-refractivity contribution is -0.119. The first kappa shape index (κ1) is 11.9. The molecule has 3 nitrogen and oxygen atoms in total. The molecule has 0 aromatic heterocycles. The van der Waals surface area contributed by atoms with E-state index in [0.717, 1.165) is 38.9 Å². The van der Waals surface area contributed by atoms with Gasteiger partial charge in [-0.3, -0.25) is 4.79 Å². The van der Waals surface area contributed by atoms with Crippen LogP contribution in [0.4, 0.5) is 0 Å². The van der Waals surface area contributed by atoms with Crippen LogP contribution in [0.15, 0.2) is 0 Å². The highest BCUT2D eigenvalue weighted by atomic mass is 16.5. The molecule has 0 aromatic rings. The minimum absolute atomic E-state index is 0.192. The number of amides is 1. The highest BCUT2D eigenvalue weighted by molar-refractivity contribution is 5.80. The summed E-state index contributed by atoms with van der Waals surface area (Å²) in [6.45, 7) is 6.14. The van der Waals surface area contributed by atoms with E-state index in [9.17, 15) is 4.79 Å². The van der Waals surface area contributed by atoms with Crippen molar-refractivity contribution in [1.29, 1.82) is 0 Å². The van der Waals surface area contributed by atoms with E-state index in [1.807, 2.05) is 0 Å². The van der Waals surface area contributed by atoms with Crippen molar-refractivity contribution in [3.63, 3.8) is 0 Å². The molecule has 1 amide bonds. The van der Waals surface area contributed by atoms with Crippen molar-refractivity contribution >= 4 is 5.91 Å². The van der Waals surface area contributed by atoms with Crippen molar-refractivity contribution in [2.24, 2.45) is 11.3 Å². The summed E-state index contributed by atoms with van der Waals surface area (Å²) >= 11 is 0. The lowest BCUT2D eigenvalue weighted by Crippen LogP contribution is -2.38. The highest BCUT2D eigenvalue weighted by Crippen LogP contribution is 2.43. The number of hydrogen-bond donors (Lipinski definition) is 1. The van der Waals surface area contributed by atoms with Gasteiger partial charge in [0.25, 0.3) is 0 Å². The van der Waals surface area contributed by atoms with Gasteiger partial charge in [0.15, 0.2) is 0 Å². The van der Waals surface area contributed by atoms with Gasteiger partial charge in [-0.15, -0.1) is 0 Å². The Morgan fingerprint density at radius 2 is 2.25 bits per heavy atom. The largest absolute Gasteiger partial charge is 0.381 e. The first-order chi connectivity index (χ1) is 7.62. The van der Waals surface area contributed by atoms with Crippen molar-refractivity contribution in [2.75, 3.05) is 13.2 Å². The van der Waals surface area contributed by atoms with Gasteiger partial charge in [-0.2, -0.15) is 0 Å². The average Bonchev–Trinajstić information content (AvgIpc) is 2.37. The Morgan fingerprint density at radius 3 is 3.00 bits per heavy atom. The second-order valence-corrected chi connectivity index (χ2v) is 5.75. The van der Waals surface area contributed by atoms with Crippen LogP contribution in [0.25, 0.3) is 0 Å². The first-order valence-electron chi connectivity index (χ1n) is 6.49. The van der Waals surface area contributed by atoms with E-state index >= 15 is 0 Å². The van der Waals surface area contributed by atoms with Crippen molar-refractivity contribution < 1.29 is 9.53 Å². The summed E-state index contributed by atoms with van der Waals surface area (Å²) in [5.74, 6) is 0.886. The number of carbonyl (C=O) groups excluding carboxylic acids is 1. The van der Waals surface area contributed by atoms with Gasteiger partial charge in [0, 0.05) is 31.1 Å². The third-order valence-electron chi connectivity index (χ3n) is 4.00. The minimum Gasteiger partial charge on any atom is -0.381 e. The summed E-state index contributed by atoms with van der Waals surface area (Å²) in [6, 6.07) is 0.377. The maximum Gasteiger partial charge on any atom is 0.220 e. The van der Waals surface area contributed by atoms with E-state index < -0.39 is 0 Å². The molecular formula is C13H23NO2. The number of carbonyl (C=O) groups is 1. The summed E-state index contributed by atoms with van der Waals surface area (Å²) in [5.41, 5.74) is 0.192. The highest BCUT2D eigenvalue weighted by Gasteiger charge is 2.46. The Bertz CT molecular complexity index is 255. The Morgan fingerprint density at radius 1 is 1.44 bits per heavy atom. The van der Waals surface area contributed by atoms with Crippen molar-refractivity contribution in [3.8, 4) is 0 Å². The van der Waals surface area contributed by atoms with E-state index in [1.165, 1.54) is 0 Å². The van der Waals surface area contributed by atoms with Crippen LogP contribution in [-0.2, 0) is 9.53 Å². The third-order valence-corrected chi connectivity index (χ3v) is 4.00. The summed E-state index contributed by atoms with van der Waals surface area (Å²) in [7, 11) is 0. The van der Waals surface area contributed by atoms with Crippen LogP contribution in [0.1, 0.15) is 46.0 Å². The van der Waals surface area contributed by atoms with Crippen molar-refractivity contribution in [3.05, 3.63) is 0 Å². The lowest BCUT2D eigenvalue weighted by Gasteiger charge is -2.33. The van der Waals surface area contributed by atoms with Crippen LogP contribution in [0.2, 0.25) is 0 Å². The van der Waals surface area contributed by atoms with Gasteiger partial charge in [0.2, 0.25) is 5.91 Å². The summed E-state index contributed by atoms with van der Waals surface area (Å²) < 4.78 is 5.53. The molecule has 1 spiro atoms. The summed E-state index contributed by atoms with van der Waals surface area (Å²) in [6.07, 6.45) is 5.11. The lowest BCUT2D eigenvalue weighted by atomic mass is 9.72. The Hall–Kier alpha value is -0.570. The molecule has 0 aliphatic carbocycles. The molecule has 2 atom stereocenters. The maximum atomic E-state index is 11.7. The zero-order valence-electron chi connectivity index (χ0n) is 10.4. The normalized spacial score (nSPS) is 35.4. The van der Waals surface area contributed by atoms with E-state index in [4.69, 9.17) is 4.74 Å². The zero-order valence-corrected chi connectivity index (χ0v) is 10.4. The van der Waals surface area contributed by atoms with Crippen LogP contribution >= 0.6 is 0 Å². The molecular weight excluding hydrogens is 202 g/mol. The van der Waals surface area contributed by atoms with Crippen LogP contribution in [0, 0.1) is 11.3 Å². The molecule has 2 aliphatic heterocycles. The van der Waals surface area contributed by atoms with Gasteiger partial charge >= 0.3 is 0 Å². The van der Waals surface area contributed by atoms with Gasteiger partial charge in [0.05, 0.1) is 0 Å². The molecule has 0 aromatic carbocycles. The fraction of sp³-hybridized carbons (Fsp3) is 0.923. The molecule has 16 heavy (non-hydrogen) atoms. The maximum absolute atomic E-state index is 11.7. The van der Waals surface area contributed by atoms with Gasteiger partial charge in [-0.05, 0) is 31.6 Å². The van der Waals surface area contributed by atoms with E-state index in [2.05, 4.69) is 19.2 Å². The van der Waals surface area contributed by atoms with Crippen LogP contribution in [-0.4, -0.2) is 25.2 Å². The Balaban J connectivity index is 2.11. The molecule has 92 valence electrons. The number of ether oxygens (including phenoxy) is 1. The SMILES string of the molecule is CC(C)CC1NC(=O)CC12CCCOCC2. The molecule has 3 heteroatoms. The molecule has 2 unspecified atom stereocenters. The minimum atomic E-state index is 0.192. The summed E-state index contributed by atoms with van der Waals surface area (Å²) in [5, 5.41) is 3.18. The number of nitrogens with one attached hydrogen (secondary N) is 1. The van der Waals surface area contributed by atoms with Crippen molar-refractivity contribution in [1.82, 2.24) is 5.32 Å². The first-order valence-corrected chi connectivity index (χ1v) is 6.49. The molecule has 2 rings (SSSR count). The predicted molar refractivity (Wildman–Crippen MR) is 63.1 cm³/mol. The van der Waals surface area contributed by atoms with Gasteiger partial charge < -0.3 is 10.1 Å². The topological polar surface area (TPSA) is 38.3 Å². The van der Waals surface area contributed by atoms with E-state index in [-0.39, 0.29) is 11.3 Å². The second-order valence-electron chi connectivity index (χ2n) is 5.75. The fourth-order valence-electron chi connectivity index (χ4n) is 3.18. The quantitative estimate of drug-likeness (QED) is 0.781. The average molecular weight is 225 g/mol. The summed E-state index contributed by atoms with van der Waals surface area (Å²) in [4.78, 5) is 11.7. The Labute approximate surface area is 97.9 Å². The van der Waals surface area contributed by atoms with Crippen LogP contribution in [0.5, 0.6) is 0 Å². The third kappa shape index (κ3) is 2.40.